The highest BCUT2D eigenvalue weighted by Crippen LogP contribution is 2.45. The summed E-state index contributed by atoms with van der Waals surface area (Å²) >= 11 is 3.80. The topological polar surface area (TPSA) is 29.5 Å². The van der Waals surface area contributed by atoms with Crippen LogP contribution in [0.25, 0.3) is 0 Å². The fraction of sp³-hybridized carbons (Fsp3) is 0.867. The minimum Gasteiger partial charge on any atom is -0.410 e. The SMILES string of the molecule is CC(C)(C)[Si](C)(C)O[C@@H]1C=C[C@@](O)(C2SCCCS2)C1. The molecule has 20 heavy (non-hydrogen) atoms. The number of hydrogen-bond acceptors (Lipinski definition) is 4. The van der Waals surface area contributed by atoms with Gasteiger partial charge in [0.15, 0.2) is 8.32 Å². The van der Waals surface area contributed by atoms with Gasteiger partial charge in [-0.05, 0) is 36.1 Å². The van der Waals surface area contributed by atoms with Crippen LogP contribution in [-0.2, 0) is 4.43 Å². The number of hydrogen-bond donors (Lipinski definition) is 1. The number of rotatable bonds is 3. The summed E-state index contributed by atoms with van der Waals surface area (Å²) in [6, 6.07) is 0. The highest BCUT2D eigenvalue weighted by Gasteiger charge is 2.45. The van der Waals surface area contributed by atoms with Crippen LogP contribution in [0.4, 0.5) is 0 Å². The Labute approximate surface area is 133 Å². The largest absolute Gasteiger partial charge is 0.410 e. The number of aliphatic hydroxyl groups is 1. The number of thioether (sulfide) groups is 2. The van der Waals surface area contributed by atoms with Gasteiger partial charge >= 0.3 is 0 Å². The second-order valence-electron chi connectivity index (χ2n) is 7.40. The fourth-order valence-corrected chi connectivity index (χ4v) is 6.71. The van der Waals surface area contributed by atoms with Crippen LogP contribution in [0, 0.1) is 0 Å². The summed E-state index contributed by atoms with van der Waals surface area (Å²) < 4.78 is 6.70. The van der Waals surface area contributed by atoms with E-state index in [2.05, 4.69) is 39.9 Å². The third-order valence-electron chi connectivity index (χ3n) is 4.62. The molecule has 116 valence electrons. The Bertz CT molecular complexity index is 373. The zero-order valence-electron chi connectivity index (χ0n) is 13.3. The van der Waals surface area contributed by atoms with E-state index in [0.717, 1.165) is 6.42 Å². The monoisotopic (exact) mass is 332 g/mol. The second kappa shape index (κ2) is 5.99. The first kappa shape index (κ1) is 16.9. The van der Waals surface area contributed by atoms with Gasteiger partial charge in [-0.25, -0.2) is 0 Å². The van der Waals surface area contributed by atoms with Crippen molar-refractivity contribution in [2.75, 3.05) is 11.5 Å². The average molecular weight is 333 g/mol. The molecule has 0 bridgehead atoms. The molecule has 1 saturated heterocycles. The van der Waals surface area contributed by atoms with Crippen molar-refractivity contribution >= 4 is 31.8 Å². The van der Waals surface area contributed by atoms with Crippen LogP contribution in [0.15, 0.2) is 12.2 Å². The molecule has 0 aromatic heterocycles. The average Bonchev–Trinajstić information content (AvgIpc) is 2.71. The van der Waals surface area contributed by atoms with Gasteiger partial charge in [-0.3, -0.25) is 0 Å². The van der Waals surface area contributed by atoms with E-state index < -0.39 is 13.9 Å². The summed E-state index contributed by atoms with van der Waals surface area (Å²) in [5, 5.41) is 11.1. The van der Waals surface area contributed by atoms with Gasteiger partial charge in [-0.15, -0.1) is 23.5 Å². The summed E-state index contributed by atoms with van der Waals surface area (Å²) in [6.45, 7) is 11.3. The van der Waals surface area contributed by atoms with Gasteiger partial charge in [0.25, 0.3) is 0 Å². The Balaban J connectivity index is 1.97. The molecule has 1 fully saturated rings. The molecule has 0 saturated carbocycles. The second-order valence-corrected chi connectivity index (χ2v) is 14.9. The summed E-state index contributed by atoms with van der Waals surface area (Å²) in [7, 11) is -1.76. The fourth-order valence-electron chi connectivity index (χ4n) is 2.32. The summed E-state index contributed by atoms with van der Waals surface area (Å²) in [5.41, 5.74) is -0.678. The van der Waals surface area contributed by atoms with Crippen molar-refractivity contribution in [3.63, 3.8) is 0 Å². The Hall–Kier alpha value is 0.577. The molecule has 1 aliphatic carbocycles. The third kappa shape index (κ3) is 3.66. The van der Waals surface area contributed by atoms with Gasteiger partial charge in [0, 0.05) is 6.42 Å². The molecule has 0 radical (unpaired) electrons. The quantitative estimate of drug-likeness (QED) is 0.617. The van der Waals surface area contributed by atoms with Gasteiger partial charge in [0.05, 0.1) is 10.7 Å². The molecule has 2 atom stereocenters. The van der Waals surface area contributed by atoms with Gasteiger partial charge in [-0.1, -0.05) is 32.9 Å². The summed E-state index contributed by atoms with van der Waals surface area (Å²) in [4.78, 5) is 0. The Morgan fingerprint density at radius 3 is 2.40 bits per heavy atom. The zero-order valence-corrected chi connectivity index (χ0v) is 15.9. The first-order valence-corrected chi connectivity index (χ1v) is 12.5. The van der Waals surface area contributed by atoms with E-state index in [-0.39, 0.29) is 15.7 Å². The highest BCUT2D eigenvalue weighted by atomic mass is 32.2. The van der Waals surface area contributed by atoms with E-state index in [1.165, 1.54) is 17.9 Å². The van der Waals surface area contributed by atoms with Crippen molar-refractivity contribution in [2.24, 2.45) is 0 Å². The van der Waals surface area contributed by atoms with E-state index in [9.17, 15) is 5.11 Å². The Morgan fingerprint density at radius 2 is 1.85 bits per heavy atom. The predicted octanol–water partition coefficient (Wildman–Crippen LogP) is 4.26. The van der Waals surface area contributed by atoms with Gasteiger partial charge in [0.1, 0.15) is 5.60 Å². The highest BCUT2D eigenvalue weighted by molar-refractivity contribution is 8.17. The minimum absolute atomic E-state index is 0.0871. The minimum atomic E-state index is -1.76. The first-order chi connectivity index (χ1) is 9.14. The van der Waals surface area contributed by atoms with Crippen LogP contribution < -0.4 is 0 Å². The van der Waals surface area contributed by atoms with Crippen molar-refractivity contribution in [1.82, 2.24) is 0 Å². The normalized spacial score (nSPS) is 32.8. The van der Waals surface area contributed by atoms with E-state index in [0.29, 0.717) is 0 Å². The van der Waals surface area contributed by atoms with Crippen molar-refractivity contribution in [3.05, 3.63) is 12.2 Å². The Kier molecular flexibility index (Phi) is 5.08. The van der Waals surface area contributed by atoms with Crippen molar-refractivity contribution in [1.29, 1.82) is 0 Å². The zero-order chi connectivity index (χ0) is 15.0. The van der Waals surface area contributed by atoms with Crippen LogP contribution in [0.3, 0.4) is 0 Å². The van der Waals surface area contributed by atoms with E-state index in [1.54, 1.807) is 0 Å². The van der Waals surface area contributed by atoms with E-state index in [1.807, 2.05) is 29.6 Å². The molecule has 2 aliphatic rings. The molecule has 2 nitrogen and oxygen atoms in total. The lowest BCUT2D eigenvalue weighted by Gasteiger charge is -2.39. The molecular weight excluding hydrogens is 304 g/mol. The maximum Gasteiger partial charge on any atom is 0.192 e. The van der Waals surface area contributed by atoms with Crippen molar-refractivity contribution in [3.8, 4) is 0 Å². The smallest absolute Gasteiger partial charge is 0.192 e. The molecule has 0 spiro atoms. The molecule has 1 heterocycles. The molecule has 0 aromatic rings. The van der Waals surface area contributed by atoms with E-state index in [4.69, 9.17) is 4.43 Å². The van der Waals surface area contributed by atoms with Crippen LogP contribution >= 0.6 is 23.5 Å². The maximum absolute atomic E-state index is 10.9. The van der Waals surface area contributed by atoms with Gasteiger partial charge < -0.3 is 9.53 Å². The lowest BCUT2D eigenvalue weighted by Crippen LogP contribution is -2.45. The van der Waals surface area contributed by atoms with E-state index >= 15 is 0 Å². The molecule has 1 aliphatic heterocycles. The van der Waals surface area contributed by atoms with Crippen LogP contribution in [0.1, 0.15) is 33.6 Å². The first-order valence-electron chi connectivity index (χ1n) is 7.47. The van der Waals surface area contributed by atoms with Gasteiger partial charge in [-0.2, -0.15) is 0 Å². The van der Waals surface area contributed by atoms with Crippen LogP contribution in [0.5, 0.6) is 0 Å². The summed E-state index contributed by atoms with van der Waals surface area (Å²) in [6.07, 6.45) is 6.17. The third-order valence-corrected chi connectivity index (χ3v) is 12.4. The molecular formula is C15H28O2S2Si. The van der Waals surface area contributed by atoms with Crippen molar-refractivity contribution in [2.45, 2.75) is 68.0 Å². The molecule has 0 amide bonds. The lowest BCUT2D eigenvalue weighted by atomic mass is 10.1. The standard InChI is InChI=1S/C15H28O2S2Si/c1-14(2,3)20(4,5)17-12-7-8-15(16,11-12)13-18-9-6-10-19-13/h7-8,12-13,16H,6,9-11H2,1-5H3/t12-,15+/m1/s1. The molecule has 1 N–H and O–H groups in total. The Morgan fingerprint density at radius 1 is 1.25 bits per heavy atom. The molecule has 0 unspecified atom stereocenters. The maximum atomic E-state index is 10.9. The summed E-state index contributed by atoms with van der Waals surface area (Å²) in [5.74, 6) is 2.34. The van der Waals surface area contributed by atoms with Crippen LogP contribution in [-0.4, -0.2) is 41.2 Å². The van der Waals surface area contributed by atoms with Crippen molar-refractivity contribution < 1.29 is 9.53 Å². The molecule has 0 aromatic carbocycles. The predicted molar refractivity (Wildman–Crippen MR) is 94.1 cm³/mol. The lowest BCUT2D eigenvalue weighted by molar-refractivity contribution is 0.0749. The molecule has 2 rings (SSSR count). The molecule has 5 heteroatoms. The van der Waals surface area contributed by atoms with Crippen LogP contribution in [0.2, 0.25) is 18.1 Å². The van der Waals surface area contributed by atoms with Gasteiger partial charge in [0.2, 0.25) is 0 Å².